The molecule has 1 aliphatic rings. The number of thiophene rings is 1. The number of ether oxygens (including phenoxy) is 1. The summed E-state index contributed by atoms with van der Waals surface area (Å²) in [6.07, 6.45) is 0.263. The van der Waals surface area contributed by atoms with E-state index >= 15 is 0 Å². The zero-order valence-corrected chi connectivity index (χ0v) is 15.4. The fourth-order valence-electron chi connectivity index (χ4n) is 3.24. The highest BCUT2D eigenvalue weighted by atomic mass is 32.1. The molecule has 3 aromatic rings. The number of rotatable bonds is 2. The lowest BCUT2D eigenvalue weighted by atomic mass is 10.1. The van der Waals surface area contributed by atoms with E-state index in [4.69, 9.17) is 10.00 Å². The van der Waals surface area contributed by atoms with Crippen LogP contribution < -0.4 is 5.56 Å². The first-order valence-corrected chi connectivity index (χ1v) is 9.39. The molecule has 1 amide bonds. The number of nitriles is 1. The Balaban J connectivity index is 1.76. The average molecular weight is 380 g/mol. The minimum Gasteiger partial charge on any atom is -0.450 e. The summed E-state index contributed by atoms with van der Waals surface area (Å²) in [5.74, 6) is 0.436. The molecule has 7 nitrogen and oxygen atoms in total. The van der Waals surface area contributed by atoms with E-state index in [9.17, 15) is 9.59 Å². The van der Waals surface area contributed by atoms with Crippen molar-refractivity contribution in [3.63, 3.8) is 0 Å². The molecule has 136 valence electrons. The molecule has 0 atom stereocenters. The topological polar surface area (TPSA) is 99.1 Å². The van der Waals surface area contributed by atoms with Crippen LogP contribution in [0.5, 0.6) is 0 Å². The first kappa shape index (κ1) is 17.2. The van der Waals surface area contributed by atoms with E-state index in [0.717, 1.165) is 10.4 Å². The summed E-state index contributed by atoms with van der Waals surface area (Å²) in [7, 11) is 0. The molecule has 1 aliphatic heterocycles. The number of benzene rings is 1. The molecular formula is C19H16N4O3S. The normalized spacial score (nSPS) is 13.3. The van der Waals surface area contributed by atoms with Crippen molar-refractivity contribution in [3.8, 4) is 17.5 Å². The smallest absolute Gasteiger partial charge is 0.410 e. The Hall–Kier alpha value is -3.18. The molecule has 4 rings (SSSR count). The first-order chi connectivity index (χ1) is 13.1. The maximum Gasteiger partial charge on any atom is 0.410 e. The second-order valence-electron chi connectivity index (χ2n) is 6.16. The van der Waals surface area contributed by atoms with Crippen LogP contribution in [0.1, 0.15) is 22.9 Å². The van der Waals surface area contributed by atoms with Crippen LogP contribution in [0.4, 0.5) is 4.79 Å². The van der Waals surface area contributed by atoms with Crippen LogP contribution in [0.15, 0.2) is 29.1 Å². The monoisotopic (exact) mass is 380 g/mol. The first-order valence-electron chi connectivity index (χ1n) is 8.57. The van der Waals surface area contributed by atoms with Crippen LogP contribution in [-0.4, -0.2) is 34.1 Å². The van der Waals surface area contributed by atoms with Gasteiger partial charge in [-0.2, -0.15) is 5.26 Å². The molecule has 1 aromatic carbocycles. The van der Waals surface area contributed by atoms with Crippen molar-refractivity contribution in [1.82, 2.24) is 14.9 Å². The van der Waals surface area contributed by atoms with Gasteiger partial charge in [0.15, 0.2) is 0 Å². The van der Waals surface area contributed by atoms with Crippen molar-refractivity contribution < 1.29 is 9.53 Å². The third-order valence-electron chi connectivity index (χ3n) is 4.50. The Morgan fingerprint density at radius 3 is 3.11 bits per heavy atom. The Kier molecular flexibility index (Phi) is 4.38. The van der Waals surface area contributed by atoms with Gasteiger partial charge in [0.2, 0.25) is 0 Å². The van der Waals surface area contributed by atoms with Gasteiger partial charge < -0.3 is 14.6 Å². The highest BCUT2D eigenvalue weighted by Gasteiger charge is 2.27. The maximum atomic E-state index is 12.7. The predicted molar refractivity (Wildman–Crippen MR) is 102 cm³/mol. The Labute approximate surface area is 158 Å². The van der Waals surface area contributed by atoms with E-state index in [-0.39, 0.29) is 11.7 Å². The summed E-state index contributed by atoms with van der Waals surface area (Å²) in [4.78, 5) is 35.4. The van der Waals surface area contributed by atoms with Gasteiger partial charge in [-0.3, -0.25) is 4.79 Å². The number of fused-ring (bicyclic) bond motifs is 3. The molecule has 0 unspecified atom stereocenters. The van der Waals surface area contributed by atoms with Gasteiger partial charge in [0, 0.05) is 17.0 Å². The molecule has 3 heterocycles. The van der Waals surface area contributed by atoms with Crippen LogP contribution in [0, 0.1) is 11.3 Å². The average Bonchev–Trinajstić information content (AvgIpc) is 3.06. The molecule has 0 radical (unpaired) electrons. The number of aromatic nitrogens is 2. The fourth-order valence-corrected chi connectivity index (χ4v) is 4.48. The fraction of sp³-hybridized carbons (Fsp3) is 0.263. The highest BCUT2D eigenvalue weighted by Crippen LogP contribution is 2.33. The predicted octanol–water partition coefficient (Wildman–Crippen LogP) is 3.04. The van der Waals surface area contributed by atoms with Gasteiger partial charge in [-0.25, -0.2) is 9.78 Å². The Bertz CT molecular complexity index is 1140. The van der Waals surface area contributed by atoms with Crippen molar-refractivity contribution in [2.75, 3.05) is 13.2 Å². The zero-order chi connectivity index (χ0) is 19.0. The summed E-state index contributed by atoms with van der Waals surface area (Å²) in [6.45, 7) is 3.05. The van der Waals surface area contributed by atoms with Gasteiger partial charge in [0.25, 0.3) is 5.56 Å². The highest BCUT2D eigenvalue weighted by molar-refractivity contribution is 7.18. The SMILES string of the molecule is CCOC(=O)N1CCc2c(sc3nc(-c4cccc(C#N)c4)[nH]c(=O)c23)C1. The van der Waals surface area contributed by atoms with Crippen molar-refractivity contribution >= 4 is 27.6 Å². The lowest BCUT2D eigenvalue weighted by Crippen LogP contribution is -2.35. The van der Waals surface area contributed by atoms with Crippen molar-refractivity contribution in [2.24, 2.45) is 0 Å². The van der Waals surface area contributed by atoms with Crippen molar-refractivity contribution in [3.05, 3.63) is 50.6 Å². The largest absolute Gasteiger partial charge is 0.450 e. The molecule has 0 saturated heterocycles. The molecule has 27 heavy (non-hydrogen) atoms. The minimum absolute atomic E-state index is 0.195. The zero-order valence-electron chi connectivity index (χ0n) is 14.6. The number of amides is 1. The number of aromatic amines is 1. The quantitative estimate of drug-likeness (QED) is 0.737. The number of nitrogens with one attached hydrogen (secondary N) is 1. The van der Waals surface area contributed by atoms with Crippen molar-refractivity contribution in [2.45, 2.75) is 19.9 Å². The van der Waals surface area contributed by atoms with Crippen molar-refractivity contribution in [1.29, 1.82) is 5.26 Å². The van der Waals surface area contributed by atoms with Crippen LogP contribution >= 0.6 is 11.3 Å². The molecule has 0 aliphatic carbocycles. The standard InChI is InChI=1S/C19H16N4O3S/c1-2-26-19(25)23-7-6-13-14(10-23)27-18-15(13)17(24)21-16(22-18)12-5-3-4-11(8-12)9-20/h3-5,8H,2,6-7,10H2,1H3,(H,21,22,24). The van der Waals surface area contributed by atoms with Gasteiger partial charge in [0.05, 0.1) is 30.2 Å². The van der Waals surface area contributed by atoms with Crippen LogP contribution in [0.25, 0.3) is 21.6 Å². The lowest BCUT2D eigenvalue weighted by molar-refractivity contribution is 0.103. The summed E-state index contributed by atoms with van der Waals surface area (Å²) < 4.78 is 5.07. The molecule has 0 bridgehead atoms. The Morgan fingerprint density at radius 2 is 2.33 bits per heavy atom. The molecule has 0 spiro atoms. The summed E-state index contributed by atoms with van der Waals surface area (Å²) in [5, 5.41) is 9.67. The second-order valence-corrected chi connectivity index (χ2v) is 7.25. The molecule has 0 fully saturated rings. The lowest BCUT2D eigenvalue weighted by Gasteiger charge is -2.25. The van der Waals surface area contributed by atoms with E-state index in [1.807, 2.05) is 0 Å². The molecule has 2 aromatic heterocycles. The summed E-state index contributed by atoms with van der Waals surface area (Å²) in [6, 6.07) is 9.05. The number of carbonyl (C=O) groups excluding carboxylic acids is 1. The number of hydrogen-bond acceptors (Lipinski definition) is 6. The van der Waals surface area contributed by atoms with Crippen LogP contribution in [0.3, 0.4) is 0 Å². The second kappa shape index (κ2) is 6.85. The van der Waals surface area contributed by atoms with E-state index < -0.39 is 0 Å². The Morgan fingerprint density at radius 1 is 1.48 bits per heavy atom. The summed E-state index contributed by atoms with van der Waals surface area (Å²) >= 11 is 1.43. The number of carbonyl (C=O) groups is 1. The molecule has 0 saturated carbocycles. The van der Waals surface area contributed by atoms with Crippen LogP contribution in [-0.2, 0) is 17.7 Å². The van der Waals surface area contributed by atoms with Gasteiger partial charge in [-0.15, -0.1) is 11.3 Å². The van der Waals surface area contributed by atoms with E-state index in [1.165, 1.54) is 11.3 Å². The van der Waals surface area contributed by atoms with Gasteiger partial charge in [0.1, 0.15) is 10.7 Å². The van der Waals surface area contributed by atoms with E-state index in [0.29, 0.717) is 53.3 Å². The number of hydrogen-bond donors (Lipinski definition) is 1. The van der Waals surface area contributed by atoms with E-state index in [2.05, 4.69) is 16.0 Å². The third kappa shape index (κ3) is 3.06. The molecular weight excluding hydrogens is 364 g/mol. The van der Waals surface area contributed by atoms with Gasteiger partial charge in [-0.1, -0.05) is 12.1 Å². The van der Waals surface area contributed by atoms with Gasteiger partial charge >= 0.3 is 6.09 Å². The number of H-pyrrole nitrogens is 1. The molecule has 1 N–H and O–H groups in total. The maximum absolute atomic E-state index is 12.7. The number of nitrogens with zero attached hydrogens (tertiary/aromatic N) is 3. The third-order valence-corrected chi connectivity index (χ3v) is 5.61. The summed E-state index contributed by atoms with van der Waals surface area (Å²) in [5.41, 5.74) is 1.96. The molecule has 8 heteroatoms. The van der Waals surface area contributed by atoms with E-state index in [1.54, 1.807) is 36.1 Å². The van der Waals surface area contributed by atoms with Gasteiger partial charge in [-0.05, 0) is 31.0 Å². The minimum atomic E-state index is -0.337. The van der Waals surface area contributed by atoms with Crippen LogP contribution in [0.2, 0.25) is 0 Å².